The average Bonchev–Trinajstić information content (AvgIpc) is 3.19. The number of rotatable bonds is 4. The van der Waals surface area contributed by atoms with Gasteiger partial charge in [0.2, 0.25) is 21.9 Å². The van der Waals surface area contributed by atoms with Crippen molar-refractivity contribution in [2.45, 2.75) is 23.3 Å². The molecule has 1 unspecified atom stereocenters. The molecular formula is C18H21FN6O5S. The lowest BCUT2D eigenvalue weighted by molar-refractivity contribution is 0.0938. The van der Waals surface area contributed by atoms with Crippen molar-refractivity contribution in [2.75, 3.05) is 27.4 Å². The lowest BCUT2D eigenvalue weighted by Gasteiger charge is -2.39. The molecule has 4 rings (SSSR count). The summed E-state index contributed by atoms with van der Waals surface area (Å²) in [4.78, 5) is 24.8. The van der Waals surface area contributed by atoms with Crippen LogP contribution in [-0.2, 0) is 14.8 Å². The van der Waals surface area contributed by atoms with Crippen LogP contribution >= 0.6 is 0 Å². The minimum atomic E-state index is -3.91. The Hall–Kier alpha value is -3.06. The molecule has 0 spiro atoms. The van der Waals surface area contributed by atoms with Gasteiger partial charge in [-0.25, -0.2) is 32.1 Å². The average molecular weight is 452 g/mol. The monoisotopic (exact) mass is 452 g/mol. The molecule has 1 saturated heterocycles. The molecule has 3 heterocycles. The Morgan fingerprint density at radius 1 is 1.42 bits per heavy atom. The van der Waals surface area contributed by atoms with Crippen LogP contribution in [0.1, 0.15) is 16.9 Å². The first-order valence-corrected chi connectivity index (χ1v) is 10.9. The summed E-state index contributed by atoms with van der Waals surface area (Å²) in [5.41, 5.74) is 4.38. The summed E-state index contributed by atoms with van der Waals surface area (Å²) in [5, 5.41) is 1.59. The Labute approximate surface area is 177 Å². The Morgan fingerprint density at radius 3 is 2.87 bits per heavy atom. The normalized spacial score (nSPS) is 29.4. The highest BCUT2D eigenvalue weighted by Crippen LogP contribution is 2.44. The second-order valence-electron chi connectivity index (χ2n) is 7.30. The number of amides is 1. The third-order valence-corrected chi connectivity index (χ3v) is 7.73. The minimum Gasteiger partial charge on any atom is -0.480 e. The van der Waals surface area contributed by atoms with Gasteiger partial charge in [-0.05, 0) is 12.5 Å². The highest BCUT2D eigenvalue weighted by molar-refractivity contribution is 7.90. The summed E-state index contributed by atoms with van der Waals surface area (Å²) in [6.45, 7) is -0.296. The summed E-state index contributed by atoms with van der Waals surface area (Å²) in [5.74, 6) is -1.15. The first-order valence-electron chi connectivity index (χ1n) is 9.35. The molecule has 1 amide bonds. The first-order chi connectivity index (χ1) is 14.7. The van der Waals surface area contributed by atoms with E-state index >= 15 is 0 Å². The number of carbonyl (C=O) groups is 1. The number of hydrogen-bond donors (Lipinski definition) is 2. The second kappa shape index (κ2) is 7.57. The van der Waals surface area contributed by atoms with E-state index in [9.17, 15) is 17.6 Å². The first kappa shape index (κ1) is 21.2. The predicted octanol–water partition coefficient (Wildman–Crippen LogP) is -0.505. The van der Waals surface area contributed by atoms with Crippen LogP contribution in [0.3, 0.4) is 0 Å². The number of sulfonamides is 1. The van der Waals surface area contributed by atoms with Gasteiger partial charge in [0.1, 0.15) is 22.3 Å². The molecule has 166 valence electrons. The number of nitrogens with zero attached hydrogens (tertiary/aromatic N) is 4. The van der Waals surface area contributed by atoms with Crippen LogP contribution in [0.4, 0.5) is 4.39 Å². The zero-order valence-electron chi connectivity index (χ0n) is 16.8. The van der Waals surface area contributed by atoms with Crippen molar-refractivity contribution in [3.8, 4) is 5.88 Å². The number of halogens is 1. The highest BCUT2D eigenvalue weighted by atomic mass is 32.2. The summed E-state index contributed by atoms with van der Waals surface area (Å²) in [7, 11) is -1.19. The van der Waals surface area contributed by atoms with Crippen LogP contribution in [0.15, 0.2) is 40.9 Å². The van der Waals surface area contributed by atoms with Crippen molar-refractivity contribution in [2.24, 2.45) is 10.7 Å². The number of guanidine groups is 1. The summed E-state index contributed by atoms with van der Waals surface area (Å²) in [6.07, 6.45) is 5.46. The summed E-state index contributed by atoms with van der Waals surface area (Å²) in [6, 6.07) is -0.625. The number of fused-ring (bicyclic) bond motifs is 1. The SMILES string of the molecule is COc1cnc(C(=O)NC2C=C([C@@]34COC[C@@H]3S(=O)(=O)N(C)C(N)=N4)C(F)=CC2)cn1. The fourth-order valence-electron chi connectivity index (χ4n) is 3.82. The second-order valence-corrected chi connectivity index (χ2v) is 9.45. The van der Waals surface area contributed by atoms with Gasteiger partial charge < -0.3 is 20.5 Å². The Morgan fingerprint density at radius 2 is 2.19 bits per heavy atom. The van der Waals surface area contributed by atoms with Gasteiger partial charge in [-0.1, -0.05) is 6.08 Å². The molecule has 3 atom stereocenters. The number of nitrogens with two attached hydrogens (primary N) is 1. The fraction of sp³-hybridized carbons (Fsp3) is 0.444. The van der Waals surface area contributed by atoms with Crippen LogP contribution in [0.2, 0.25) is 0 Å². The molecule has 3 N–H and O–H groups in total. The number of aliphatic imine (C=N–C) groups is 1. The van der Waals surface area contributed by atoms with Gasteiger partial charge in [-0.2, -0.15) is 0 Å². The van der Waals surface area contributed by atoms with E-state index in [1.807, 2.05) is 0 Å². The minimum absolute atomic E-state index is 0.0204. The van der Waals surface area contributed by atoms with E-state index in [-0.39, 0.29) is 42.7 Å². The van der Waals surface area contributed by atoms with Crippen molar-refractivity contribution < 1.29 is 27.1 Å². The molecule has 0 aromatic carbocycles. The van der Waals surface area contributed by atoms with Crippen LogP contribution in [0, 0.1) is 0 Å². The number of carbonyl (C=O) groups excluding carboxylic acids is 1. The molecule has 0 radical (unpaired) electrons. The molecule has 31 heavy (non-hydrogen) atoms. The van der Waals surface area contributed by atoms with E-state index in [0.717, 1.165) is 4.31 Å². The van der Waals surface area contributed by atoms with Crippen molar-refractivity contribution in [1.29, 1.82) is 0 Å². The Balaban J connectivity index is 1.66. The van der Waals surface area contributed by atoms with E-state index in [1.54, 1.807) is 0 Å². The smallest absolute Gasteiger partial charge is 0.271 e. The molecule has 13 heteroatoms. The molecule has 2 aliphatic heterocycles. The van der Waals surface area contributed by atoms with Gasteiger partial charge >= 0.3 is 0 Å². The molecule has 11 nitrogen and oxygen atoms in total. The van der Waals surface area contributed by atoms with Gasteiger partial charge in [0, 0.05) is 12.6 Å². The van der Waals surface area contributed by atoms with E-state index < -0.39 is 38.6 Å². The van der Waals surface area contributed by atoms with Crippen molar-refractivity contribution >= 4 is 21.9 Å². The van der Waals surface area contributed by atoms with Gasteiger partial charge in [-0.3, -0.25) is 4.79 Å². The predicted molar refractivity (Wildman–Crippen MR) is 107 cm³/mol. The van der Waals surface area contributed by atoms with Gasteiger partial charge in [0.25, 0.3) is 5.91 Å². The standard InChI is InChI=1S/C18H21FN6O5S/c1-25-17(20)24-18(9-30-8-14(18)31(25,27)28)11-5-10(3-4-12(11)19)23-16(26)13-6-22-15(29-2)7-21-13/h4-7,10,14H,3,8-9H2,1-2H3,(H2,20,24)(H,23,26)/t10?,14-,18-/m0/s1. The van der Waals surface area contributed by atoms with Crippen molar-refractivity contribution in [1.82, 2.24) is 19.6 Å². The van der Waals surface area contributed by atoms with Crippen LogP contribution < -0.4 is 15.8 Å². The lowest BCUT2D eigenvalue weighted by Crippen LogP contribution is -2.59. The van der Waals surface area contributed by atoms with Crippen LogP contribution in [-0.4, -0.2) is 78.8 Å². The number of hydrogen-bond acceptors (Lipinski definition) is 9. The van der Waals surface area contributed by atoms with E-state index in [0.29, 0.717) is 0 Å². The number of nitrogens with one attached hydrogen (secondary N) is 1. The maximum Gasteiger partial charge on any atom is 0.271 e. The van der Waals surface area contributed by atoms with Crippen molar-refractivity contribution in [3.05, 3.63) is 41.6 Å². The van der Waals surface area contributed by atoms with Gasteiger partial charge in [0.05, 0.1) is 38.8 Å². The fourth-order valence-corrected chi connectivity index (χ4v) is 5.51. The molecule has 1 aliphatic carbocycles. The zero-order valence-corrected chi connectivity index (χ0v) is 17.6. The lowest BCUT2D eigenvalue weighted by atomic mass is 9.83. The number of aromatic nitrogens is 2. The quantitative estimate of drug-likeness (QED) is 0.621. The maximum atomic E-state index is 14.9. The Bertz CT molecular complexity index is 1100. The topological polar surface area (TPSA) is 149 Å². The van der Waals surface area contributed by atoms with Crippen molar-refractivity contribution in [3.63, 3.8) is 0 Å². The zero-order chi connectivity index (χ0) is 22.4. The Kier molecular flexibility index (Phi) is 5.17. The molecule has 3 aliphatic rings. The molecular weight excluding hydrogens is 431 g/mol. The highest BCUT2D eigenvalue weighted by Gasteiger charge is 2.59. The largest absolute Gasteiger partial charge is 0.480 e. The summed E-state index contributed by atoms with van der Waals surface area (Å²) < 4.78 is 51.9. The summed E-state index contributed by atoms with van der Waals surface area (Å²) >= 11 is 0. The molecule has 1 aromatic rings. The van der Waals surface area contributed by atoms with Gasteiger partial charge in [-0.15, -0.1) is 0 Å². The molecule has 1 fully saturated rings. The number of ether oxygens (including phenoxy) is 2. The third-order valence-electron chi connectivity index (χ3n) is 5.53. The molecule has 1 aromatic heterocycles. The molecule has 0 bridgehead atoms. The molecule has 0 saturated carbocycles. The van der Waals surface area contributed by atoms with E-state index in [4.69, 9.17) is 15.2 Å². The van der Waals surface area contributed by atoms with Crippen LogP contribution in [0.5, 0.6) is 5.88 Å². The van der Waals surface area contributed by atoms with E-state index in [1.165, 1.54) is 38.7 Å². The third kappa shape index (κ3) is 3.43. The van der Waals surface area contributed by atoms with Gasteiger partial charge in [0.15, 0.2) is 0 Å². The number of methoxy groups -OCH3 is 1. The van der Waals surface area contributed by atoms with E-state index in [2.05, 4.69) is 20.3 Å². The van der Waals surface area contributed by atoms with Crippen LogP contribution in [0.25, 0.3) is 0 Å². The maximum absolute atomic E-state index is 14.9.